The third kappa shape index (κ3) is 3.42. The molecule has 0 amide bonds. The van der Waals surface area contributed by atoms with Crippen LogP contribution in [0.4, 0.5) is 5.82 Å². The molecule has 0 spiro atoms. The predicted molar refractivity (Wildman–Crippen MR) is 75.2 cm³/mol. The van der Waals surface area contributed by atoms with E-state index in [0.29, 0.717) is 17.9 Å². The summed E-state index contributed by atoms with van der Waals surface area (Å²) in [6.45, 7) is 0.582. The van der Waals surface area contributed by atoms with Crippen molar-refractivity contribution in [2.45, 2.75) is 6.54 Å². The van der Waals surface area contributed by atoms with E-state index in [-0.39, 0.29) is 5.28 Å². The summed E-state index contributed by atoms with van der Waals surface area (Å²) >= 11 is 5.74. The summed E-state index contributed by atoms with van der Waals surface area (Å²) in [6.07, 6.45) is 2.70. The van der Waals surface area contributed by atoms with Crippen molar-refractivity contribution in [3.05, 3.63) is 46.9 Å². The maximum atomic E-state index is 7.29. The van der Waals surface area contributed by atoms with Crippen LogP contribution in [-0.2, 0) is 6.54 Å². The van der Waals surface area contributed by atoms with E-state index in [1.165, 1.54) is 12.4 Å². The van der Waals surface area contributed by atoms with Gasteiger partial charge < -0.3 is 15.5 Å². The Bertz CT molecular complexity index is 571. The lowest BCUT2D eigenvalue weighted by molar-refractivity contribution is 0.414. The van der Waals surface area contributed by atoms with Gasteiger partial charge in [0, 0.05) is 19.0 Å². The summed E-state index contributed by atoms with van der Waals surface area (Å²) in [5.74, 6) is 1.36. The normalized spacial score (nSPS) is 10.0. The first-order chi connectivity index (χ1) is 9.22. The van der Waals surface area contributed by atoms with Crippen molar-refractivity contribution in [1.29, 1.82) is 5.41 Å². The van der Waals surface area contributed by atoms with Gasteiger partial charge in [0.25, 0.3) is 0 Å². The van der Waals surface area contributed by atoms with Crippen LogP contribution in [-0.4, -0.2) is 23.3 Å². The summed E-state index contributed by atoms with van der Waals surface area (Å²) in [6, 6.07) is 7.69. The molecule has 1 heterocycles. The minimum atomic E-state index is 0.155. The molecule has 0 saturated heterocycles. The molecule has 0 saturated carbocycles. The molecule has 0 radical (unpaired) electrons. The zero-order chi connectivity index (χ0) is 13.7. The highest BCUT2D eigenvalue weighted by atomic mass is 35.5. The van der Waals surface area contributed by atoms with Gasteiger partial charge >= 0.3 is 0 Å². The Labute approximate surface area is 116 Å². The number of halogens is 1. The average molecular weight is 277 g/mol. The standard InChI is InChI=1S/C13H13ClN4O/c1-19-11-4-2-9(3-5-11)7-16-12-10(6-15)8-17-13(14)18-12/h2-6,8,15H,7H2,1H3,(H,16,17,18). The van der Waals surface area contributed by atoms with Gasteiger partial charge in [-0.05, 0) is 29.3 Å². The third-order valence-electron chi connectivity index (χ3n) is 2.56. The highest BCUT2D eigenvalue weighted by Gasteiger charge is 2.04. The van der Waals surface area contributed by atoms with E-state index in [2.05, 4.69) is 15.3 Å². The highest BCUT2D eigenvalue weighted by Crippen LogP contribution is 2.15. The lowest BCUT2D eigenvalue weighted by atomic mass is 10.2. The minimum Gasteiger partial charge on any atom is -0.497 e. The average Bonchev–Trinajstić information content (AvgIpc) is 2.46. The van der Waals surface area contributed by atoms with E-state index in [1.807, 2.05) is 24.3 Å². The molecule has 2 rings (SSSR count). The van der Waals surface area contributed by atoms with Crippen molar-refractivity contribution < 1.29 is 4.74 Å². The zero-order valence-corrected chi connectivity index (χ0v) is 11.1. The number of nitrogens with zero attached hydrogens (tertiary/aromatic N) is 2. The van der Waals surface area contributed by atoms with Gasteiger partial charge in [-0.1, -0.05) is 12.1 Å². The van der Waals surface area contributed by atoms with Crippen LogP contribution in [0.25, 0.3) is 0 Å². The molecule has 2 aromatic rings. The molecule has 0 aliphatic rings. The van der Waals surface area contributed by atoms with Gasteiger partial charge in [0.1, 0.15) is 11.6 Å². The lowest BCUT2D eigenvalue weighted by Gasteiger charge is -2.08. The Morgan fingerprint density at radius 3 is 2.74 bits per heavy atom. The van der Waals surface area contributed by atoms with Gasteiger partial charge in [-0.3, -0.25) is 0 Å². The smallest absolute Gasteiger partial charge is 0.224 e. The molecule has 6 heteroatoms. The molecule has 0 atom stereocenters. The summed E-state index contributed by atoms with van der Waals surface area (Å²) in [5, 5.41) is 10.6. The van der Waals surface area contributed by atoms with Crippen molar-refractivity contribution in [3.63, 3.8) is 0 Å². The molecule has 2 N–H and O–H groups in total. The summed E-state index contributed by atoms with van der Waals surface area (Å²) in [7, 11) is 1.63. The van der Waals surface area contributed by atoms with E-state index in [4.69, 9.17) is 21.7 Å². The van der Waals surface area contributed by atoms with E-state index in [0.717, 1.165) is 11.3 Å². The largest absolute Gasteiger partial charge is 0.497 e. The SMILES string of the molecule is COc1ccc(CNc2nc(Cl)ncc2C=N)cc1. The Morgan fingerprint density at radius 2 is 2.11 bits per heavy atom. The molecular formula is C13H13ClN4O. The fraction of sp³-hybridized carbons (Fsp3) is 0.154. The number of rotatable bonds is 5. The fourth-order valence-corrected chi connectivity index (χ4v) is 1.68. The second-order valence-electron chi connectivity index (χ2n) is 3.79. The van der Waals surface area contributed by atoms with Crippen LogP contribution in [0.1, 0.15) is 11.1 Å². The Kier molecular flexibility index (Phi) is 4.30. The summed E-state index contributed by atoms with van der Waals surface area (Å²) in [4.78, 5) is 7.89. The van der Waals surface area contributed by atoms with E-state index in [9.17, 15) is 0 Å². The number of hydrogen-bond acceptors (Lipinski definition) is 5. The highest BCUT2D eigenvalue weighted by molar-refractivity contribution is 6.28. The number of benzene rings is 1. The molecule has 0 bridgehead atoms. The minimum absolute atomic E-state index is 0.155. The lowest BCUT2D eigenvalue weighted by Crippen LogP contribution is -2.05. The first-order valence-electron chi connectivity index (χ1n) is 5.62. The molecule has 0 aliphatic carbocycles. The van der Waals surface area contributed by atoms with Crippen molar-refractivity contribution in [1.82, 2.24) is 9.97 Å². The molecule has 1 aromatic carbocycles. The van der Waals surface area contributed by atoms with Gasteiger partial charge in [0.2, 0.25) is 5.28 Å². The second kappa shape index (κ2) is 6.15. The number of nitrogens with one attached hydrogen (secondary N) is 2. The predicted octanol–water partition coefficient (Wildman–Crippen LogP) is 2.75. The molecule has 0 unspecified atom stereocenters. The van der Waals surface area contributed by atoms with Gasteiger partial charge in [-0.15, -0.1) is 0 Å². The van der Waals surface area contributed by atoms with Crippen molar-refractivity contribution in [2.24, 2.45) is 0 Å². The Morgan fingerprint density at radius 1 is 1.37 bits per heavy atom. The van der Waals surface area contributed by atoms with Crippen LogP contribution in [0.5, 0.6) is 5.75 Å². The number of hydrogen-bond donors (Lipinski definition) is 2. The van der Waals surface area contributed by atoms with Gasteiger partial charge in [-0.25, -0.2) is 9.97 Å². The molecular weight excluding hydrogens is 264 g/mol. The van der Waals surface area contributed by atoms with Crippen molar-refractivity contribution in [2.75, 3.05) is 12.4 Å². The van der Waals surface area contributed by atoms with E-state index in [1.54, 1.807) is 7.11 Å². The number of methoxy groups -OCH3 is 1. The van der Waals surface area contributed by atoms with Gasteiger partial charge in [0.05, 0.1) is 12.7 Å². The van der Waals surface area contributed by atoms with Crippen molar-refractivity contribution in [3.8, 4) is 5.75 Å². The van der Waals surface area contributed by atoms with E-state index >= 15 is 0 Å². The number of aromatic nitrogens is 2. The first-order valence-corrected chi connectivity index (χ1v) is 6.00. The summed E-state index contributed by atoms with van der Waals surface area (Å²) in [5.41, 5.74) is 1.67. The van der Waals surface area contributed by atoms with Gasteiger partial charge in [0.15, 0.2) is 0 Å². The summed E-state index contributed by atoms with van der Waals surface area (Å²) < 4.78 is 5.10. The molecule has 0 aliphatic heterocycles. The Hall–Kier alpha value is -2.14. The van der Waals surface area contributed by atoms with Crippen LogP contribution in [0, 0.1) is 5.41 Å². The third-order valence-corrected chi connectivity index (χ3v) is 2.74. The van der Waals surface area contributed by atoms with E-state index < -0.39 is 0 Å². The number of ether oxygens (including phenoxy) is 1. The quantitative estimate of drug-likeness (QED) is 0.651. The van der Waals surface area contributed by atoms with Crippen molar-refractivity contribution >= 4 is 23.6 Å². The van der Waals surface area contributed by atoms with Crippen LogP contribution in [0.3, 0.4) is 0 Å². The number of anilines is 1. The van der Waals surface area contributed by atoms with Crippen LogP contribution >= 0.6 is 11.6 Å². The maximum absolute atomic E-state index is 7.29. The van der Waals surface area contributed by atoms with Crippen LogP contribution in [0.2, 0.25) is 5.28 Å². The fourth-order valence-electron chi connectivity index (χ4n) is 1.55. The molecule has 0 fully saturated rings. The molecule has 19 heavy (non-hydrogen) atoms. The Balaban J connectivity index is 2.09. The maximum Gasteiger partial charge on any atom is 0.224 e. The monoisotopic (exact) mass is 276 g/mol. The van der Waals surface area contributed by atoms with Gasteiger partial charge in [-0.2, -0.15) is 0 Å². The molecule has 98 valence electrons. The molecule has 1 aromatic heterocycles. The second-order valence-corrected chi connectivity index (χ2v) is 4.13. The topological polar surface area (TPSA) is 70.9 Å². The first kappa shape index (κ1) is 13.3. The van der Waals surface area contributed by atoms with Crippen LogP contribution in [0.15, 0.2) is 30.5 Å². The molecule has 5 nitrogen and oxygen atoms in total. The zero-order valence-electron chi connectivity index (χ0n) is 10.4. The van der Waals surface area contributed by atoms with Crippen LogP contribution < -0.4 is 10.1 Å².